The minimum Gasteiger partial charge on any atom is -0.370 e. The van der Waals surface area contributed by atoms with Crippen LogP contribution in [0.3, 0.4) is 0 Å². The maximum atomic E-state index is 12.3. The van der Waals surface area contributed by atoms with Gasteiger partial charge in [0.15, 0.2) is 0 Å². The van der Waals surface area contributed by atoms with Crippen LogP contribution in [0.4, 0.5) is 5.69 Å². The van der Waals surface area contributed by atoms with Gasteiger partial charge in [-0.05, 0) is 38.2 Å². The van der Waals surface area contributed by atoms with Crippen LogP contribution in [-0.2, 0) is 17.9 Å². The second-order valence-corrected chi connectivity index (χ2v) is 7.29. The molecule has 0 aliphatic carbocycles. The minimum absolute atomic E-state index is 0.0760. The smallest absolute Gasteiger partial charge is 0.268 e. The van der Waals surface area contributed by atoms with Gasteiger partial charge in [-0.3, -0.25) is 9.59 Å². The molecule has 1 amide bonds. The maximum absolute atomic E-state index is 12.3. The van der Waals surface area contributed by atoms with Gasteiger partial charge in [0, 0.05) is 38.7 Å². The van der Waals surface area contributed by atoms with Crippen LogP contribution in [-0.4, -0.2) is 28.8 Å². The van der Waals surface area contributed by atoms with Gasteiger partial charge in [0.05, 0.1) is 11.9 Å². The molecule has 2 heterocycles. The van der Waals surface area contributed by atoms with E-state index >= 15 is 0 Å². The zero-order valence-electron chi connectivity index (χ0n) is 16.1. The molecule has 1 unspecified atom stereocenters. The molecule has 144 valence electrons. The summed E-state index contributed by atoms with van der Waals surface area (Å²) >= 11 is 0. The van der Waals surface area contributed by atoms with E-state index in [1.54, 1.807) is 12.3 Å². The van der Waals surface area contributed by atoms with Gasteiger partial charge in [0.25, 0.3) is 5.56 Å². The van der Waals surface area contributed by atoms with Crippen molar-refractivity contribution in [2.75, 3.05) is 18.0 Å². The lowest BCUT2D eigenvalue weighted by Gasteiger charge is -2.34. The Kier molecular flexibility index (Phi) is 6.27. The van der Waals surface area contributed by atoms with Gasteiger partial charge in [-0.1, -0.05) is 29.8 Å². The van der Waals surface area contributed by atoms with Crippen molar-refractivity contribution in [1.82, 2.24) is 15.1 Å². The number of amides is 1. The highest BCUT2D eigenvalue weighted by Crippen LogP contribution is 2.23. The van der Waals surface area contributed by atoms with Gasteiger partial charge >= 0.3 is 0 Å². The second kappa shape index (κ2) is 8.84. The number of anilines is 1. The molecule has 0 bridgehead atoms. The quantitative estimate of drug-likeness (QED) is 0.851. The first kappa shape index (κ1) is 19.1. The molecule has 1 aromatic carbocycles. The molecule has 1 atom stereocenters. The number of aryl methyl sites for hydroxylation is 2. The number of rotatable bonds is 6. The summed E-state index contributed by atoms with van der Waals surface area (Å²) in [7, 11) is 0. The Bertz CT molecular complexity index is 829. The first-order chi connectivity index (χ1) is 13.0. The highest BCUT2D eigenvalue weighted by molar-refractivity contribution is 5.76. The lowest BCUT2D eigenvalue weighted by atomic mass is 9.94. The molecule has 6 heteroatoms. The monoisotopic (exact) mass is 368 g/mol. The largest absolute Gasteiger partial charge is 0.370 e. The molecule has 1 aliphatic rings. The molecule has 0 saturated carbocycles. The van der Waals surface area contributed by atoms with Crippen LogP contribution < -0.4 is 15.8 Å². The molecule has 2 aromatic rings. The van der Waals surface area contributed by atoms with Gasteiger partial charge in [-0.25, -0.2) is 4.68 Å². The number of nitrogens with zero attached hydrogens (tertiary/aromatic N) is 3. The zero-order valence-corrected chi connectivity index (χ0v) is 16.1. The molecule has 1 aliphatic heterocycles. The molecule has 3 rings (SSSR count). The fourth-order valence-electron chi connectivity index (χ4n) is 3.54. The predicted molar refractivity (Wildman–Crippen MR) is 107 cm³/mol. The fraction of sp³-hybridized carbons (Fsp3) is 0.476. The summed E-state index contributed by atoms with van der Waals surface area (Å²) in [4.78, 5) is 26.5. The maximum Gasteiger partial charge on any atom is 0.268 e. The number of hydrogen-bond acceptors (Lipinski definition) is 4. The van der Waals surface area contributed by atoms with Crippen LogP contribution in [0.2, 0.25) is 0 Å². The van der Waals surface area contributed by atoms with E-state index < -0.39 is 0 Å². The summed E-state index contributed by atoms with van der Waals surface area (Å²) in [6, 6.07) is 9.85. The fourth-order valence-corrected chi connectivity index (χ4v) is 3.54. The Morgan fingerprint density at radius 1 is 1.30 bits per heavy atom. The van der Waals surface area contributed by atoms with Gasteiger partial charge in [-0.15, -0.1) is 0 Å². The molecule has 1 saturated heterocycles. The molecule has 0 spiro atoms. The highest BCUT2D eigenvalue weighted by atomic mass is 16.1. The van der Waals surface area contributed by atoms with Crippen molar-refractivity contribution in [1.29, 1.82) is 0 Å². The summed E-state index contributed by atoms with van der Waals surface area (Å²) in [6.45, 7) is 6.78. The van der Waals surface area contributed by atoms with Crippen LogP contribution in [0.25, 0.3) is 0 Å². The van der Waals surface area contributed by atoms with E-state index in [0.717, 1.165) is 37.2 Å². The minimum atomic E-state index is -0.0760. The van der Waals surface area contributed by atoms with E-state index in [4.69, 9.17) is 0 Å². The Morgan fingerprint density at radius 2 is 2.07 bits per heavy atom. The predicted octanol–water partition coefficient (Wildman–Crippen LogP) is 2.49. The third-order valence-corrected chi connectivity index (χ3v) is 5.12. The standard InChI is InChI=1S/C21H28N4O2/c1-3-25-21(27)12-19(14-23-25)24-10-4-5-18(15-24)11-20(26)22-13-17-8-6-16(2)7-9-17/h6-9,12,14,18H,3-5,10-11,13,15H2,1-2H3,(H,22,26). The summed E-state index contributed by atoms with van der Waals surface area (Å²) in [5, 5.41) is 7.23. The third kappa shape index (κ3) is 5.18. The van der Waals surface area contributed by atoms with E-state index in [9.17, 15) is 9.59 Å². The van der Waals surface area contributed by atoms with E-state index in [1.807, 2.05) is 19.1 Å². The Morgan fingerprint density at radius 3 is 2.78 bits per heavy atom. The topological polar surface area (TPSA) is 67.2 Å². The summed E-state index contributed by atoms with van der Waals surface area (Å²) in [5.74, 6) is 0.382. The lowest BCUT2D eigenvalue weighted by Crippen LogP contribution is -2.38. The first-order valence-electron chi connectivity index (χ1n) is 9.69. The van der Waals surface area contributed by atoms with Gasteiger partial charge in [0.1, 0.15) is 0 Å². The number of hydrogen-bond donors (Lipinski definition) is 1. The van der Waals surface area contributed by atoms with Crippen molar-refractivity contribution in [3.8, 4) is 0 Å². The molecule has 6 nitrogen and oxygen atoms in total. The van der Waals surface area contributed by atoms with Crippen molar-refractivity contribution < 1.29 is 4.79 Å². The van der Waals surface area contributed by atoms with Gasteiger partial charge < -0.3 is 10.2 Å². The number of carbonyl (C=O) groups excluding carboxylic acids is 1. The van der Waals surface area contributed by atoms with E-state index in [0.29, 0.717) is 25.4 Å². The Labute approximate surface area is 160 Å². The molecule has 1 fully saturated rings. The molecule has 1 aromatic heterocycles. The molecular formula is C21H28N4O2. The third-order valence-electron chi connectivity index (χ3n) is 5.12. The first-order valence-corrected chi connectivity index (χ1v) is 9.69. The number of carbonyl (C=O) groups is 1. The Balaban J connectivity index is 1.53. The van der Waals surface area contributed by atoms with Crippen molar-refractivity contribution in [2.24, 2.45) is 5.92 Å². The SMILES string of the molecule is CCn1ncc(N2CCCC(CC(=O)NCc3ccc(C)cc3)C2)cc1=O. The second-order valence-electron chi connectivity index (χ2n) is 7.29. The van der Waals surface area contributed by atoms with Crippen LogP contribution in [0.5, 0.6) is 0 Å². The zero-order chi connectivity index (χ0) is 19.2. The van der Waals surface area contributed by atoms with Crippen molar-refractivity contribution in [2.45, 2.75) is 46.2 Å². The van der Waals surface area contributed by atoms with Crippen LogP contribution in [0, 0.1) is 12.8 Å². The Hall–Kier alpha value is -2.63. The number of benzene rings is 1. The molecule has 1 N–H and O–H groups in total. The van der Waals surface area contributed by atoms with E-state index in [-0.39, 0.29) is 11.5 Å². The molecular weight excluding hydrogens is 340 g/mol. The average molecular weight is 368 g/mol. The highest BCUT2D eigenvalue weighted by Gasteiger charge is 2.23. The van der Waals surface area contributed by atoms with Gasteiger partial charge in [0.2, 0.25) is 5.91 Å². The summed E-state index contributed by atoms with van der Waals surface area (Å²) in [5.41, 5.74) is 3.11. The number of piperidine rings is 1. The van der Waals surface area contributed by atoms with Crippen LogP contribution >= 0.6 is 0 Å². The van der Waals surface area contributed by atoms with Crippen molar-refractivity contribution in [3.63, 3.8) is 0 Å². The normalized spacial score (nSPS) is 17.0. The summed E-state index contributed by atoms with van der Waals surface area (Å²) < 4.78 is 1.45. The van der Waals surface area contributed by atoms with E-state index in [2.05, 4.69) is 34.4 Å². The molecule has 0 radical (unpaired) electrons. The van der Waals surface area contributed by atoms with Crippen molar-refractivity contribution in [3.05, 3.63) is 58.0 Å². The molecule has 27 heavy (non-hydrogen) atoms. The van der Waals surface area contributed by atoms with Crippen LogP contribution in [0.15, 0.2) is 41.3 Å². The average Bonchev–Trinajstić information content (AvgIpc) is 2.67. The van der Waals surface area contributed by atoms with Crippen LogP contribution in [0.1, 0.15) is 37.3 Å². The number of nitrogens with one attached hydrogen (secondary N) is 1. The van der Waals surface area contributed by atoms with Crippen molar-refractivity contribution >= 4 is 11.6 Å². The lowest BCUT2D eigenvalue weighted by molar-refractivity contribution is -0.122. The van der Waals surface area contributed by atoms with E-state index in [1.165, 1.54) is 10.2 Å². The number of aromatic nitrogens is 2. The summed E-state index contributed by atoms with van der Waals surface area (Å²) in [6.07, 6.45) is 4.33. The van der Waals surface area contributed by atoms with Gasteiger partial charge in [-0.2, -0.15) is 5.10 Å².